The van der Waals surface area contributed by atoms with Crippen molar-refractivity contribution >= 4 is 5.97 Å². The monoisotopic (exact) mass is 155 g/mol. The van der Waals surface area contributed by atoms with Gasteiger partial charge in [0.1, 0.15) is 0 Å². The number of carbonyl (C=O) groups is 1. The minimum atomic E-state index is -0.00634. The van der Waals surface area contributed by atoms with E-state index in [2.05, 4.69) is 5.32 Å². The molecule has 0 unspecified atom stereocenters. The van der Waals surface area contributed by atoms with Crippen molar-refractivity contribution in [1.82, 2.24) is 5.32 Å². The van der Waals surface area contributed by atoms with Gasteiger partial charge in [0.15, 0.2) is 0 Å². The molecule has 62 valence electrons. The minimum Gasteiger partial charge on any atom is -0.466 e. The zero-order valence-electron chi connectivity index (χ0n) is 6.51. The molecule has 0 bridgehead atoms. The first-order valence-electron chi connectivity index (χ1n) is 4.22. The van der Waals surface area contributed by atoms with Crippen molar-refractivity contribution in [3.63, 3.8) is 0 Å². The molecule has 3 heteroatoms. The van der Waals surface area contributed by atoms with Crippen LogP contribution in [0.15, 0.2) is 0 Å². The predicted molar refractivity (Wildman–Crippen MR) is 40.0 cm³/mol. The second-order valence-electron chi connectivity index (χ2n) is 3.39. The fourth-order valence-corrected chi connectivity index (χ4v) is 1.75. The van der Waals surface area contributed by atoms with Gasteiger partial charge in [0.25, 0.3) is 0 Å². The van der Waals surface area contributed by atoms with Crippen molar-refractivity contribution < 1.29 is 9.53 Å². The Balaban J connectivity index is 1.87. The second kappa shape index (κ2) is 2.81. The van der Waals surface area contributed by atoms with Crippen LogP contribution >= 0.6 is 0 Å². The van der Waals surface area contributed by atoms with Crippen LogP contribution in [0, 0.1) is 11.8 Å². The molecule has 0 aromatic heterocycles. The highest BCUT2D eigenvalue weighted by Gasteiger charge is 2.31. The molecule has 2 aliphatic heterocycles. The van der Waals surface area contributed by atoms with Crippen LogP contribution < -0.4 is 5.32 Å². The van der Waals surface area contributed by atoms with Crippen molar-refractivity contribution in [2.75, 3.05) is 19.7 Å². The average molecular weight is 155 g/mol. The number of hydrogen-bond donors (Lipinski definition) is 1. The van der Waals surface area contributed by atoms with Crippen LogP contribution in [0.4, 0.5) is 0 Å². The van der Waals surface area contributed by atoms with E-state index in [1.54, 1.807) is 0 Å². The van der Waals surface area contributed by atoms with E-state index in [4.69, 9.17) is 4.74 Å². The lowest BCUT2D eigenvalue weighted by molar-refractivity contribution is -0.150. The molecule has 2 heterocycles. The van der Waals surface area contributed by atoms with E-state index in [1.807, 2.05) is 0 Å². The lowest BCUT2D eigenvalue weighted by Gasteiger charge is -2.36. The molecule has 11 heavy (non-hydrogen) atoms. The van der Waals surface area contributed by atoms with Crippen LogP contribution in [0.3, 0.4) is 0 Å². The summed E-state index contributed by atoms with van der Waals surface area (Å²) in [6.07, 6.45) is 1.71. The molecule has 2 saturated heterocycles. The van der Waals surface area contributed by atoms with Gasteiger partial charge in [-0.1, -0.05) is 0 Å². The van der Waals surface area contributed by atoms with Gasteiger partial charge < -0.3 is 10.1 Å². The average Bonchev–Trinajstić information content (AvgIpc) is 1.83. The van der Waals surface area contributed by atoms with Crippen molar-refractivity contribution in [3.05, 3.63) is 0 Å². The number of rotatable bonds is 1. The van der Waals surface area contributed by atoms with Gasteiger partial charge in [0.05, 0.1) is 6.61 Å². The van der Waals surface area contributed by atoms with Gasteiger partial charge in [-0.25, -0.2) is 0 Å². The molecule has 0 aromatic carbocycles. The summed E-state index contributed by atoms with van der Waals surface area (Å²) in [6.45, 7) is 2.83. The number of cyclic esters (lactones) is 1. The van der Waals surface area contributed by atoms with Gasteiger partial charge in [-0.2, -0.15) is 0 Å². The summed E-state index contributed by atoms with van der Waals surface area (Å²) in [5.74, 6) is 1.33. The molecule has 0 aliphatic carbocycles. The van der Waals surface area contributed by atoms with Gasteiger partial charge >= 0.3 is 5.97 Å². The highest BCUT2D eigenvalue weighted by atomic mass is 16.5. The highest BCUT2D eigenvalue weighted by Crippen LogP contribution is 2.26. The Bertz CT molecular complexity index is 165. The normalized spacial score (nSPS) is 32.7. The molecular weight excluding hydrogens is 142 g/mol. The van der Waals surface area contributed by atoms with Crippen LogP contribution in [-0.2, 0) is 9.53 Å². The lowest BCUT2D eigenvalue weighted by Crippen LogP contribution is -2.47. The van der Waals surface area contributed by atoms with Gasteiger partial charge in [-0.15, -0.1) is 0 Å². The maximum Gasteiger partial charge on any atom is 0.306 e. The topological polar surface area (TPSA) is 38.3 Å². The minimum absolute atomic E-state index is 0.00634. The fourth-order valence-electron chi connectivity index (χ4n) is 1.75. The van der Waals surface area contributed by atoms with E-state index in [-0.39, 0.29) is 5.97 Å². The van der Waals surface area contributed by atoms with Gasteiger partial charge in [0.2, 0.25) is 0 Å². The first kappa shape index (κ1) is 7.10. The molecule has 0 saturated carbocycles. The molecule has 0 spiro atoms. The number of carbonyl (C=O) groups excluding carboxylic acids is 1. The predicted octanol–water partition coefficient (Wildman–Crippen LogP) is 0.159. The van der Waals surface area contributed by atoms with Gasteiger partial charge in [-0.05, 0) is 31.3 Å². The molecule has 1 atom stereocenters. The summed E-state index contributed by atoms with van der Waals surface area (Å²) < 4.78 is 4.87. The maximum atomic E-state index is 10.9. The lowest BCUT2D eigenvalue weighted by atomic mass is 9.82. The van der Waals surface area contributed by atoms with E-state index < -0.39 is 0 Å². The first-order valence-corrected chi connectivity index (χ1v) is 4.22. The summed E-state index contributed by atoms with van der Waals surface area (Å²) in [7, 11) is 0. The van der Waals surface area contributed by atoms with Crippen LogP contribution in [0.2, 0.25) is 0 Å². The van der Waals surface area contributed by atoms with E-state index in [9.17, 15) is 4.79 Å². The van der Waals surface area contributed by atoms with Crippen LogP contribution in [0.1, 0.15) is 12.8 Å². The van der Waals surface area contributed by atoms with Crippen molar-refractivity contribution in [3.8, 4) is 0 Å². The van der Waals surface area contributed by atoms with Crippen LogP contribution in [0.5, 0.6) is 0 Å². The molecule has 0 radical (unpaired) electrons. The van der Waals surface area contributed by atoms with Crippen molar-refractivity contribution in [2.45, 2.75) is 12.8 Å². The SMILES string of the molecule is O=C1C[C@@H](C2CNC2)CCO1. The Morgan fingerprint density at radius 2 is 2.18 bits per heavy atom. The molecule has 2 fully saturated rings. The first-order chi connectivity index (χ1) is 5.36. The third-order valence-corrected chi connectivity index (χ3v) is 2.66. The molecule has 1 N–H and O–H groups in total. The van der Waals surface area contributed by atoms with E-state index in [0.29, 0.717) is 18.9 Å². The molecular formula is C8H13NO2. The third kappa shape index (κ3) is 1.38. The number of ether oxygens (including phenoxy) is 1. The van der Waals surface area contributed by atoms with Crippen molar-refractivity contribution in [2.24, 2.45) is 11.8 Å². The quantitative estimate of drug-likeness (QED) is 0.548. The van der Waals surface area contributed by atoms with E-state index in [0.717, 1.165) is 25.4 Å². The number of hydrogen-bond acceptors (Lipinski definition) is 3. The largest absolute Gasteiger partial charge is 0.466 e. The summed E-state index contributed by atoms with van der Waals surface area (Å²) in [4.78, 5) is 10.9. The van der Waals surface area contributed by atoms with E-state index in [1.165, 1.54) is 0 Å². The zero-order chi connectivity index (χ0) is 7.68. The standard InChI is InChI=1S/C8H13NO2/c10-8-3-6(1-2-11-8)7-4-9-5-7/h6-7,9H,1-5H2/t6-/m0/s1. The van der Waals surface area contributed by atoms with Crippen LogP contribution in [-0.4, -0.2) is 25.7 Å². The number of nitrogens with one attached hydrogen (secondary N) is 1. The Morgan fingerprint density at radius 3 is 2.73 bits per heavy atom. The molecule has 2 rings (SSSR count). The van der Waals surface area contributed by atoms with Gasteiger partial charge in [-0.3, -0.25) is 4.79 Å². The Labute approximate surface area is 66.1 Å². The Morgan fingerprint density at radius 1 is 1.36 bits per heavy atom. The molecule has 3 nitrogen and oxygen atoms in total. The smallest absolute Gasteiger partial charge is 0.306 e. The Kier molecular flexibility index (Phi) is 1.82. The molecule has 2 aliphatic rings. The highest BCUT2D eigenvalue weighted by molar-refractivity contribution is 5.70. The summed E-state index contributed by atoms with van der Waals surface area (Å²) in [5.41, 5.74) is 0. The summed E-state index contributed by atoms with van der Waals surface area (Å²) in [5, 5.41) is 3.22. The number of esters is 1. The Hall–Kier alpha value is -0.570. The fraction of sp³-hybridized carbons (Fsp3) is 0.875. The van der Waals surface area contributed by atoms with E-state index >= 15 is 0 Å². The van der Waals surface area contributed by atoms with Crippen molar-refractivity contribution in [1.29, 1.82) is 0 Å². The van der Waals surface area contributed by atoms with Crippen LogP contribution in [0.25, 0.3) is 0 Å². The third-order valence-electron chi connectivity index (χ3n) is 2.66. The maximum absolute atomic E-state index is 10.9. The molecule has 0 aromatic rings. The summed E-state index contributed by atoms with van der Waals surface area (Å²) in [6, 6.07) is 0. The second-order valence-corrected chi connectivity index (χ2v) is 3.39. The summed E-state index contributed by atoms with van der Waals surface area (Å²) >= 11 is 0. The molecule has 0 amide bonds. The van der Waals surface area contributed by atoms with Gasteiger partial charge in [0, 0.05) is 6.42 Å². The zero-order valence-corrected chi connectivity index (χ0v) is 6.51.